The number of hydrogen-bond donors (Lipinski definition) is 1. The minimum Gasteiger partial charge on any atom is -0.361 e. The molecule has 4 rings (SSSR count). The van der Waals surface area contributed by atoms with E-state index in [0.717, 1.165) is 17.4 Å². The molecule has 1 unspecified atom stereocenters. The molecule has 0 spiro atoms. The number of amides is 1. The van der Waals surface area contributed by atoms with Crippen LogP contribution in [0.2, 0.25) is 0 Å². The maximum absolute atomic E-state index is 12.6. The van der Waals surface area contributed by atoms with Crippen molar-refractivity contribution in [2.45, 2.75) is 12.5 Å². The Morgan fingerprint density at radius 3 is 2.85 bits per heavy atom. The Kier molecular flexibility index (Phi) is 5.09. The molecule has 1 aliphatic heterocycles. The number of para-hydroxylation sites is 1. The van der Waals surface area contributed by atoms with Crippen LogP contribution in [0, 0.1) is 0 Å². The lowest BCUT2D eigenvalue weighted by atomic mass is 10.1. The van der Waals surface area contributed by atoms with E-state index in [1.807, 2.05) is 24.3 Å². The van der Waals surface area contributed by atoms with Crippen LogP contribution in [-0.4, -0.2) is 19.0 Å². The van der Waals surface area contributed by atoms with Gasteiger partial charge >= 0.3 is 0 Å². The first-order valence-electron chi connectivity index (χ1n) is 8.64. The Labute approximate surface area is 165 Å². The molecular formula is C21H19BrN2OS. The second-order valence-corrected chi connectivity index (χ2v) is 8.22. The number of thiophene rings is 1. The van der Waals surface area contributed by atoms with Crippen LogP contribution in [0.15, 0.2) is 70.5 Å². The molecule has 3 nitrogen and oxygen atoms in total. The monoisotopic (exact) mass is 426 g/mol. The van der Waals surface area contributed by atoms with Crippen LogP contribution in [0.25, 0.3) is 0 Å². The molecule has 1 aromatic heterocycles. The molecule has 1 amide bonds. The topological polar surface area (TPSA) is 32.3 Å². The van der Waals surface area contributed by atoms with Crippen LogP contribution in [-0.2, 0) is 6.42 Å². The van der Waals surface area contributed by atoms with Crippen molar-refractivity contribution in [1.29, 1.82) is 0 Å². The average molecular weight is 427 g/mol. The summed E-state index contributed by atoms with van der Waals surface area (Å²) in [4.78, 5) is 16.3. The van der Waals surface area contributed by atoms with Gasteiger partial charge in [0.1, 0.15) is 0 Å². The molecular weight excluding hydrogens is 408 g/mol. The van der Waals surface area contributed by atoms with Crippen molar-refractivity contribution in [3.8, 4) is 0 Å². The molecule has 3 aromatic rings. The van der Waals surface area contributed by atoms with Crippen molar-refractivity contribution in [2.75, 3.05) is 18.0 Å². The highest BCUT2D eigenvalue weighted by atomic mass is 79.9. The third kappa shape index (κ3) is 3.55. The maximum Gasteiger partial charge on any atom is 0.251 e. The van der Waals surface area contributed by atoms with Crippen molar-refractivity contribution >= 4 is 38.9 Å². The average Bonchev–Trinajstić information content (AvgIpc) is 3.32. The Morgan fingerprint density at radius 1 is 1.15 bits per heavy atom. The molecule has 0 bridgehead atoms. The van der Waals surface area contributed by atoms with Gasteiger partial charge in [-0.25, -0.2) is 0 Å². The van der Waals surface area contributed by atoms with E-state index in [0.29, 0.717) is 12.1 Å². The molecule has 26 heavy (non-hydrogen) atoms. The highest BCUT2D eigenvalue weighted by Crippen LogP contribution is 2.36. The fourth-order valence-electron chi connectivity index (χ4n) is 3.45. The number of nitrogens with one attached hydrogen (secondary N) is 1. The molecule has 0 saturated heterocycles. The second-order valence-electron chi connectivity index (χ2n) is 6.32. The second kappa shape index (κ2) is 7.64. The quantitative estimate of drug-likeness (QED) is 0.619. The minimum absolute atomic E-state index is 0.0414. The predicted molar refractivity (Wildman–Crippen MR) is 111 cm³/mol. The number of benzene rings is 2. The molecule has 1 aliphatic rings. The third-order valence-corrected chi connectivity index (χ3v) is 6.18. The first-order valence-corrected chi connectivity index (χ1v) is 10.3. The van der Waals surface area contributed by atoms with Crippen LogP contribution < -0.4 is 10.2 Å². The van der Waals surface area contributed by atoms with Gasteiger partial charge in [-0.2, -0.15) is 0 Å². The largest absolute Gasteiger partial charge is 0.361 e. The number of rotatable bonds is 5. The predicted octanol–water partition coefficient (Wildman–Crippen LogP) is 5.04. The lowest BCUT2D eigenvalue weighted by Crippen LogP contribution is -2.37. The fraction of sp³-hybridized carbons (Fsp3) is 0.190. The lowest BCUT2D eigenvalue weighted by molar-refractivity contribution is 0.0951. The van der Waals surface area contributed by atoms with Crippen LogP contribution in [0.1, 0.15) is 26.8 Å². The van der Waals surface area contributed by atoms with Crippen molar-refractivity contribution in [1.82, 2.24) is 5.32 Å². The van der Waals surface area contributed by atoms with Gasteiger partial charge in [0, 0.05) is 33.7 Å². The number of carbonyl (C=O) groups excluding carboxylic acids is 1. The Morgan fingerprint density at radius 2 is 2.04 bits per heavy atom. The van der Waals surface area contributed by atoms with Gasteiger partial charge in [0.15, 0.2) is 0 Å². The van der Waals surface area contributed by atoms with Gasteiger partial charge in [0.05, 0.1) is 6.04 Å². The van der Waals surface area contributed by atoms with Gasteiger partial charge in [0.2, 0.25) is 0 Å². The normalized spacial score (nSPS) is 14.1. The summed E-state index contributed by atoms with van der Waals surface area (Å²) in [6.45, 7) is 1.56. The number of fused-ring (bicyclic) bond motifs is 1. The fourth-order valence-corrected chi connectivity index (χ4v) is 4.69. The zero-order chi connectivity index (χ0) is 17.9. The maximum atomic E-state index is 12.6. The van der Waals surface area contributed by atoms with E-state index < -0.39 is 0 Å². The Bertz CT molecular complexity index is 910. The Balaban J connectivity index is 1.55. The molecule has 1 atom stereocenters. The molecule has 2 heterocycles. The SMILES string of the molecule is O=C(NCC(c1cccs1)N1CCc2ccccc21)c1cccc(Br)c1. The van der Waals surface area contributed by atoms with Gasteiger partial charge in [-0.1, -0.05) is 46.3 Å². The highest BCUT2D eigenvalue weighted by Gasteiger charge is 2.28. The number of anilines is 1. The van der Waals surface area contributed by atoms with Gasteiger partial charge < -0.3 is 10.2 Å². The Hall–Kier alpha value is -2.11. The molecule has 1 N–H and O–H groups in total. The van der Waals surface area contributed by atoms with E-state index in [1.165, 1.54) is 16.1 Å². The van der Waals surface area contributed by atoms with Crippen molar-refractivity contribution in [2.24, 2.45) is 0 Å². The first kappa shape index (κ1) is 17.3. The van der Waals surface area contributed by atoms with E-state index in [2.05, 4.69) is 67.9 Å². The summed E-state index contributed by atoms with van der Waals surface area (Å²) in [5.74, 6) is -0.0414. The van der Waals surface area contributed by atoms with Gasteiger partial charge in [-0.15, -0.1) is 11.3 Å². The zero-order valence-electron chi connectivity index (χ0n) is 14.2. The standard InChI is InChI=1S/C21H19BrN2OS/c22-17-7-3-6-16(13-17)21(25)23-14-19(20-9-4-12-26-20)24-11-10-15-5-1-2-8-18(15)24/h1-9,12-13,19H,10-11,14H2,(H,23,25). The molecule has 0 radical (unpaired) electrons. The smallest absolute Gasteiger partial charge is 0.251 e. The number of nitrogens with zero attached hydrogens (tertiary/aromatic N) is 1. The van der Waals surface area contributed by atoms with E-state index in [9.17, 15) is 4.79 Å². The highest BCUT2D eigenvalue weighted by molar-refractivity contribution is 9.10. The number of carbonyl (C=O) groups is 1. The molecule has 5 heteroatoms. The summed E-state index contributed by atoms with van der Waals surface area (Å²) in [5.41, 5.74) is 3.33. The van der Waals surface area contributed by atoms with Crippen LogP contribution in [0.3, 0.4) is 0 Å². The summed E-state index contributed by atoms with van der Waals surface area (Å²) in [7, 11) is 0. The van der Waals surface area contributed by atoms with Crippen LogP contribution in [0.5, 0.6) is 0 Å². The molecule has 0 saturated carbocycles. The minimum atomic E-state index is -0.0414. The van der Waals surface area contributed by atoms with Gasteiger partial charge in [-0.3, -0.25) is 4.79 Å². The molecule has 132 valence electrons. The van der Waals surface area contributed by atoms with Crippen molar-refractivity contribution in [3.05, 3.63) is 86.5 Å². The number of hydrogen-bond acceptors (Lipinski definition) is 3. The zero-order valence-corrected chi connectivity index (χ0v) is 16.6. The van der Waals surface area contributed by atoms with E-state index in [4.69, 9.17) is 0 Å². The molecule has 0 fully saturated rings. The summed E-state index contributed by atoms with van der Waals surface area (Å²) in [5, 5.41) is 5.23. The van der Waals surface area contributed by atoms with E-state index >= 15 is 0 Å². The summed E-state index contributed by atoms with van der Waals surface area (Å²) in [6.07, 6.45) is 1.05. The van der Waals surface area contributed by atoms with Gasteiger partial charge in [-0.05, 0) is 47.7 Å². The molecule has 2 aromatic carbocycles. The van der Waals surface area contributed by atoms with Gasteiger partial charge in [0.25, 0.3) is 5.91 Å². The van der Waals surface area contributed by atoms with E-state index in [-0.39, 0.29) is 11.9 Å². The summed E-state index contributed by atoms with van der Waals surface area (Å²) < 4.78 is 0.911. The summed E-state index contributed by atoms with van der Waals surface area (Å²) >= 11 is 5.17. The summed E-state index contributed by atoms with van der Waals surface area (Å²) in [6, 6.07) is 20.4. The van der Waals surface area contributed by atoms with Crippen molar-refractivity contribution < 1.29 is 4.79 Å². The van der Waals surface area contributed by atoms with Crippen molar-refractivity contribution in [3.63, 3.8) is 0 Å². The first-order chi connectivity index (χ1) is 12.7. The molecule has 0 aliphatic carbocycles. The van der Waals surface area contributed by atoms with Crippen LogP contribution in [0.4, 0.5) is 5.69 Å². The number of halogens is 1. The van der Waals surface area contributed by atoms with E-state index in [1.54, 1.807) is 11.3 Å². The lowest BCUT2D eigenvalue weighted by Gasteiger charge is -2.30. The van der Waals surface area contributed by atoms with Crippen LogP contribution >= 0.6 is 27.3 Å². The third-order valence-electron chi connectivity index (χ3n) is 4.71.